The molecule has 10 heteroatoms. The highest BCUT2D eigenvalue weighted by atomic mass is 32.2. The van der Waals surface area contributed by atoms with E-state index in [0.29, 0.717) is 18.0 Å². The van der Waals surface area contributed by atoms with Crippen LogP contribution in [0.5, 0.6) is 11.5 Å². The fourth-order valence-corrected chi connectivity index (χ4v) is 5.42. The van der Waals surface area contributed by atoms with Crippen LogP contribution in [0, 0.1) is 12.8 Å². The lowest BCUT2D eigenvalue weighted by molar-refractivity contribution is -0.140. The van der Waals surface area contributed by atoms with Gasteiger partial charge in [-0.25, -0.2) is 8.42 Å². The molecule has 3 aromatic rings. The largest absolute Gasteiger partial charge is 0.493 e. The highest BCUT2D eigenvalue weighted by Crippen LogP contribution is 2.32. The molecule has 3 aromatic carbocycles. The molecule has 0 radical (unpaired) electrons. The third kappa shape index (κ3) is 8.97. The molecule has 3 rings (SSSR count). The number of hydrogen-bond donors (Lipinski definition) is 1. The number of sulfonamides is 1. The van der Waals surface area contributed by atoms with E-state index in [1.807, 2.05) is 75.4 Å². The van der Waals surface area contributed by atoms with Crippen LogP contribution in [0.3, 0.4) is 0 Å². The molecule has 0 saturated carbocycles. The van der Waals surface area contributed by atoms with Gasteiger partial charge in [-0.05, 0) is 36.1 Å². The minimum atomic E-state index is -3.91. The SMILES string of the molecule is COc1ccc(N(CC(=O)N(Cc2cccc(C)c2)[C@@H](Cc2ccccc2)C(=O)NCC(C)C)S(C)(=O)=O)cc1OC. The minimum absolute atomic E-state index is 0.122. The number of hydrogen-bond acceptors (Lipinski definition) is 6. The van der Waals surface area contributed by atoms with Crippen LogP contribution >= 0.6 is 0 Å². The minimum Gasteiger partial charge on any atom is -0.493 e. The monoisotopic (exact) mass is 595 g/mol. The van der Waals surface area contributed by atoms with E-state index >= 15 is 0 Å². The van der Waals surface area contributed by atoms with Gasteiger partial charge in [0.15, 0.2) is 11.5 Å². The molecule has 42 heavy (non-hydrogen) atoms. The Hall–Kier alpha value is -4.05. The van der Waals surface area contributed by atoms with E-state index < -0.39 is 28.5 Å². The van der Waals surface area contributed by atoms with Crippen molar-refractivity contribution in [1.82, 2.24) is 10.2 Å². The highest BCUT2D eigenvalue weighted by molar-refractivity contribution is 7.92. The molecule has 9 nitrogen and oxygen atoms in total. The summed E-state index contributed by atoms with van der Waals surface area (Å²) in [5, 5.41) is 2.98. The van der Waals surface area contributed by atoms with E-state index in [0.717, 1.165) is 27.3 Å². The van der Waals surface area contributed by atoms with Crippen molar-refractivity contribution < 1.29 is 27.5 Å². The molecule has 0 heterocycles. The van der Waals surface area contributed by atoms with E-state index in [4.69, 9.17) is 9.47 Å². The van der Waals surface area contributed by atoms with Gasteiger partial charge in [0.25, 0.3) is 0 Å². The van der Waals surface area contributed by atoms with E-state index in [1.165, 1.54) is 25.2 Å². The van der Waals surface area contributed by atoms with Gasteiger partial charge in [-0.2, -0.15) is 0 Å². The van der Waals surface area contributed by atoms with Crippen molar-refractivity contribution in [2.24, 2.45) is 5.92 Å². The maximum absolute atomic E-state index is 14.2. The average molecular weight is 596 g/mol. The van der Waals surface area contributed by atoms with Crippen LogP contribution in [0.4, 0.5) is 5.69 Å². The van der Waals surface area contributed by atoms with Gasteiger partial charge in [-0.3, -0.25) is 13.9 Å². The predicted molar refractivity (Wildman–Crippen MR) is 165 cm³/mol. The van der Waals surface area contributed by atoms with Crippen LogP contribution in [-0.4, -0.2) is 64.7 Å². The second-order valence-electron chi connectivity index (χ2n) is 10.7. The summed E-state index contributed by atoms with van der Waals surface area (Å²) < 4.78 is 37.7. The van der Waals surface area contributed by atoms with Crippen LogP contribution in [0.15, 0.2) is 72.8 Å². The summed E-state index contributed by atoms with van der Waals surface area (Å²) in [6.45, 7) is 6.00. The Balaban J connectivity index is 2.07. The molecule has 0 aliphatic carbocycles. The predicted octanol–water partition coefficient (Wildman–Crippen LogP) is 4.19. The third-order valence-corrected chi connectivity index (χ3v) is 7.87. The Morgan fingerprint density at radius 2 is 1.55 bits per heavy atom. The van der Waals surface area contributed by atoms with E-state index in [2.05, 4.69) is 5.32 Å². The molecule has 0 aliphatic heterocycles. The first kappa shape index (κ1) is 32.5. The quantitative estimate of drug-likeness (QED) is 0.300. The summed E-state index contributed by atoms with van der Waals surface area (Å²) in [7, 11) is -0.977. The number of anilines is 1. The molecule has 0 unspecified atom stereocenters. The van der Waals surface area contributed by atoms with Crippen LogP contribution in [0.1, 0.15) is 30.5 Å². The second-order valence-corrected chi connectivity index (χ2v) is 12.6. The zero-order valence-electron chi connectivity index (χ0n) is 25.2. The summed E-state index contributed by atoms with van der Waals surface area (Å²) in [5.74, 6) is 0.135. The van der Waals surface area contributed by atoms with Crippen molar-refractivity contribution in [2.75, 3.05) is 37.9 Å². The van der Waals surface area contributed by atoms with Crippen LogP contribution in [0.25, 0.3) is 0 Å². The number of amides is 2. The van der Waals surface area contributed by atoms with Gasteiger partial charge in [-0.1, -0.05) is 74.0 Å². The first-order valence-electron chi connectivity index (χ1n) is 13.8. The lowest BCUT2D eigenvalue weighted by atomic mass is 10.0. The Morgan fingerprint density at radius 1 is 0.881 bits per heavy atom. The number of rotatable bonds is 14. The Morgan fingerprint density at radius 3 is 2.14 bits per heavy atom. The second kappa shape index (κ2) is 14.7. The molecule has 1 N–H and O–H groups in total. The van der Waals surface area contributed by atoms with Crippen molar-refractivity contribution in [2.45, 2.75) is 39.8 Å². The number of nitrogens with zero attached hydrogens (tertiary/aromatic N) is 2. The lowest BCUT2D eigenvalue weighted by Crippen LogP contribution is -2.53. The van der Waals surface area contributed by atoms with Crippen LogP contribution in [-0.2, 0) is 32.6 Å². The third-order valence-electron chi connectivity index (χ3n) is 6.73. The van der Waals surface area contributed by atoms with Crippen LogP contribution in [0.2, 0.25) is 0 Å². The van der Waals surface area contributed by atoms with Gasteiger partial charge in [0.2, 0.25) is 21.8 Å². The number of carbonyl (C=O) groups is 2. The van der Waals surface area contributed by atoms with Crippen LogP contribution < -0.4 is 19.1 Å². The molecule has 0 aliphatic rings. The van der Waals surface area contributed by atoms with Gasteiger partial charge < -0.3 is 19.7 Å². The van der Waals surface area contributed by atoms with Crippen molar-refractivity contribution in [3.05, 3.63) is 89.5 Å². The number of benzene rings is 3. The molecule has 226 valence electrons. The van der Waals surface area contributed by atoms with Gasteiger partial charge in [0.05, 0.1) is 26.2 Å². The van der Waals surface area contributed by atoms with E-state index in [-0.39, 0.29) is 30.5 Å². The zero-order chi connectivity index (χ0) is 30.9. The average Bonchev–Trinajstić information content (AvgIpc) is 2.95. The summed E-state index contributed by atoms with van der Waals surface area (Å²) in [6, 6.07) is 20.9. The summed E-state index contributed by atoms with van der Waals surface area (Å²) in [5.41, 5.74) is 2.95. The topological polar surface area (TPSA) is 105 Å². The van der Waals surface area contributed by atoms with Crippen molar-refractivity contribution in [1.29, 1.82) is 0 Å². The molecule has 0 bridgehead atoms. The first-order valence-corrected chi connectivity index (χ1v) is 15.6. The molecule has 0 spiro atoms. The van der Waals surface area contributed by atoms with E-state index in [1.54, 1.807) is 12.1 Å². The van der Waals surface area contributed by atoms with Crippen molar-refractivity contribution in [3.8, 4) is 11.5 Å². The number of carbonyl (C=O) groups excluding carboxylic acids is 2. The maximum Gasteiger partial charge on any atom is 0.244 e. The summed E-state index contributed by atoms with van der Waals surface area (Å²) in [4.78, 5) is 29.4. The smallest absolute Gasteiger partial charge is 0.244 e. The number of nitrogens with one attached hydrogen (secondary N) is 1. The molecular weight excluding hydrogens is 554 g/mol. The standard InChI is InChI=1S/C32H41N3O6S/c1-23(2)20-33-32(37)28(18-25-12-8-7-9-13-25)34(21-26-14-10-11-24(3)17-26)31(36)22-35(42(6,38)39)27-15-16-29(40-4)30(19-27)41-5/h7-17,19,23,28H,18,20-22H2,1-6H3,(H,33,37)/t28-/m0/s1. The number of ether oxygens (including phenoxy) is 2. The molecule has 2 amide bonds. The van der Waals surface area contributed by atoms with Crippen molar-refractivity contribution in [3.63, 3.8) is 0 Å². The number of methoxy groups -OCH3 is 2. The zero-order valence-corrected chi connectivity index (χ0v) is 26.0. The Kier molecular flexibility index (Phi) is 11.4. The maximum atomic E-state index is 14.2. The van der Waals surface area contributed by atoms with Crippen molar-refractivity contribution >= 4 is 27.5 Å². The molecule has 0 fully saturated rings. The van der Waals surface area contributed by atoms with Gasteiger partial charge in [-0.15, -0.1) is 0 Å². The van der Waals surface area contributed by atoms with Gasteiger partial charge in [0, 0.05) is 25.6 Å². The molecule has 1 atom stereocenters. The molecule has 0 saturated heterocycles. The first-order chi connectivity index (χ1) is 19.9. The Bertz CT molecular complexity index is 1460. The highest BCUT2D eigenvalue weighted by Gasteiger charge is 2.33. The fourth-order valence-electron chi connectivity index (χ4n) is 4.58. The fraction of sp³-hybridized carbons (Fsp3) is 0.375. The van der Waals surface area contributed by atoms with Gasteiger partial charge in [0.1, 0.15) is 12.6 Å². The van der Waals surface area contributed by atoms with E-state index in [9.17, 15) is 18.0 Å². The lowest BCUT2D eigenvalue weighted by Gasteiger charge is -2.33. The Labute approximate surface area is 249 Å². The van der Waals surface area contributed by atoms with Gasteiger partial charge >= 0.3 is 0 Å². The molecular formula is C32H41N3O6S. The number of aryl methyl sites for hydroxylation is 1. The summed E-state index contributed by atoms with van der Waals surface area (Å²) in [6.07, 6.45) is 1.30. The molecule has 0 aromatic heterocycles. The normalized spacial score (nSPS) is 12.0. The summed E-state index contributed by atoms with van der Waals surface area (Å²) >= 11 is 0.